The van der Waals surface area contributed by atoms with E-state index >= 15 is 0 Å². The van der Waals surface area contributed by atoms with Crippen molar-refractivity contribution in [3.63, 3.8) is 0 Å². The van der Waals surface area contributed by atoms with E-state index in [0.717, 1.165) is 23.1 Å². The van der Waals surface area contributed by atoms with E-state index in [1.54, 1.807) is 13.0 Å². The number of hydrogen-bond donors (Lipinski definition) is 0. The highest BCUT2D eigenvalue weighted by Crippen LogP contribution is 2.43. The molecule has 0 heterocycles. The minimum Gasteiger partial charge on any atom is -0.447 e. The Morgan fingerprint density at radius 3 is 2.65 bits per heavy atom. The zero-order chi connectivity index (χ0) is 19.3. The van der Waals surface area contributed by atoms with Crippen LogP contribution in [0.5, 0.6) is 0 Å². The van der Waals surface area contributed by atoms with Gasteiger partial charge in [0.1, 0.15) is 0 Å². The number of carbonyl (C=O) groups is 1. The SMILES string of the molecule is C=C[C@@]1(OC(=O)C(C)OCc2ccccc2)C(C)=CC[C@H](C(=C)C)[C@@H]1Cl. The molecule has 2 rings (SSSR count). The van der Waals surface area contributed by atoms with E-state index in [-0.39, 0.29) is 5.92 Å². The largest absolute Gasteiger partial charge is 0.447 e. The first kappa shape index (κ1) is 20.5. The van der Waals surface area contributed by atoms with Gasteiger partial charge in [-0.2, -0.15) is 0 Å². The Labute approximate surface area is 161 Å². The Morgan fingerprint density at radius 1 is 1.42 bits per heavy atom. The van der Waals surface area contributed by atoms with Gasteiger partial charge in [-0.25, -0.2) is 4.79 Å². The molecule has 0 aliphatic heterocycles. The van der Waals surface area contributed by atoms with Gasteiger partial charge in [0.25, 0.3) is 0 Å². The third kappa shape index (κ3) is 4.28. The van der Waals surface area contributed by atoms with Crippen LogP contribution < -0.4 is 0 Å². The predicted octanol–water partition coefficient (Wildman–Crippen LogP) is 5.21. The van der Waals surface area contributed by atoms with Crippen molar-refractivity contribution in [1.82, 2.24) is 0 Å². The highest BCUT2D eigenvalue weighted by molar-refractivity contribution is 6.22. The number of esters is 1. The fourth-order valence-corrected chi connectivity index (χ4v) is 3.74. The van der Waals surface area contributed by atoms with Crippen molar-refractivity contribution >= 4 is 17.6 Å². The summed E-state index contributed by atoms with van der Waals surface area (Å²) in [6.45, 7) is 13.8. The number of ether oxygens (including phenoxy) is 2. The molecule has 3 nitrogen and oxygen atoms in total. The van der Waals surface area contributed by atoms with Crippen molar-refractivity contribution in [2.24, 2.45) is 5.92 Å². The van der Waals surface area contributed by atoms with Gasteiger partial charge in [0.15, 0.2) is 11.7 Å². The van der Waals surface area contributed by atoms with Gasteiger partial charge in [0.2, 0.25) is 0 Å². The van der Waals surface area contributed by atoms with Crippen molar-refractivity contribution in [2.45, 2.75) is 50.9 Å². The van der Waals surface area contributed by atoms with E-state index in [0.29, 0.717) is 6.61 Å². The third-order valence-electron chi connectivity index (χ3n) is 4.94. The lowest BCUT2D eigenvalue weighted by Crippen LogP contribution is -2.50. The highest BCUT2D eigenvalue weighted by Gasteiger charge is 2.47. The van der Waals surface area contributed by atoms with Crippen LogP contribution in [0, 0.1) is 5.92 Å². The molecule has 1 aromatic rings. The smallest absolute Gasteiger partial charge is 0.336 e. The zero-order valence-electron chi connectivity index (χ0n) is 15.7. The van der Waals surface area contributed by atoms with Crippen LogP contribution in [0.25, 0.3) is 0 Å². The maximum absolute atomic E-state index is 12.7. The number of halogens is 1. The van der Waals surface area contributed by atoms with Crippen LogP contribution >= 0.6 is 11.6 Å². The van der Waals surface area contributed by atoms with Crippen LogP contribution in [0.2, 0.25) is 0 Å². The van der Waals surface area contributed by atoms with Crippen molar-refractivity contribution < 1.29 is 14.3 Å². The Hall–Kier alpha value is -1.84. The van der Waals surface area contributed by atoms with Crippen molar-refractivity contribution in [2.75, 3.05) is 0 Å². The lowest BCUT2D eigenvalue weighted by Gasteiger charge is -2.43. The number of rotatable bonds is 7. The average molecular weight is 375 g/mol. The molecule has 1 aromatic carbocycles. The van der Waals surface area contributed by atoms with Gasteiger partial charge >= 0.3 is 5.97 Å². The van der Waals surface area contributed by atoms with E-state index < -0.39 is 23.1 Å². The van der Waals surface area contributed by atoms with Gasteiger partial charge < -0.3 is 9.47 Å². The molecular formula is C22H27ClO3. The molecule has 140 valence electrons. The summed E-state index contributed by atoms with van der Waals surface area (Å²) in [5.41, 5.74) is 1.79. The topological polar surface area (TPSA) is 35.5 Å². The molecule has 0 spiro atoms. The van der Waals surface area contributed by atoms with Crippen LogP contribution in [0.15, 0.2) is 66.8 Å². The number of allylic oxidation sites excluding steroid dienone is 2. The van der Waals surface area contributed by atoms with E-state index in [1.807, 2.05) is 50.3 Å². The fraction of sp³-hybridized carbons (Fsp3) is 0.409. The molecule has 26 heavy (non-hydrogen) atoms. The van der Waals surface area contributed by atoms with Gasteiger partial charge in [0, 0.05) is 5.92 Å². The summed E-state index contributed by atoms with van der Waals surface area (Å²) in [7, 11) is 0. The molecule has 0 radical (unpaired) electrons. The Balaban J connectivity index is 2.10. The predicted molar refractivity (Wildman–Crippen MR) is 106 cm³/mol. The molecular weight excluding hydrogens is 348 g/mol. The number of alkyl halides is 1. The summed E-state index contributed by atoms with van der Waals surface area (Å²) in [4.78, 5) is 12.7. The quantitative estimate of drug-likeness (QED) is 0.373. The molecule has 0 aromatic heterocycles. The molecule has 0 bridgehead atoms. The molecule has 1 aliphatic rings. The summed E-state index contributed by atoms with van der Waals surface area (Å²) >= 11 is 6.73. The highest BCUT2D eigenvalue weighted by atomic mass is 35.5. The van der Waals surface area contributed by atoms with Crippen molar-refractivity contribution in [3.8, 4) is 0 Å². The van der Waals surface area contributed by atoms with Crippen LogP contribution in [0.3, 0.4) is 0 Å². The normalized spacial score (nSPS) is 26.5. The minimum absolute atomic E-state index is 0.0201. The lowest BCUT2D eigenvalue weighted by atomic mass is 9.75. The monoisotopic (exact) mass is 374 g/mol. The molecule has 0 fully saturated rings. The number of benzene rings is 1. The molecule has 0 saturated carbocycles. The second kappa shape index (κ2) is 8.70. The second-order valence-electron chi connectivity index (χ2n) is 6.83. The van der Waals surface area contributed by atoms with Gasteiger partial charge in [-0.15, -0.1) is 11.6 Å². The first-order valence-corrected chi connectivity index (χ1v) is 9.24. The Bertz CT molecular complexity index is 695. The maximum Gasteiger partial charge on any atom is 0.336 e. The Kier molecular flexibility index (Phi) is 6.85. The van der Waals surface area contributed by atoms with Crippen LogP contribution in [-0.4, -0.2) is 23.1 Å². The van der Waals surface area contributed by atoms with Crippen LogP contribution in [0.1, 0.15) is 32.8 Å². The molecule has 0 saturated heterocycles. The summed E-state index contributed by atoms with van der Waals surface area (Å²) in [6, 6.07) is 9.69. The summed E-state index contributed by atoms with van der Waals surface area (Å²) in [6.07, 6.45) is 3.73. The standard InChI is InChI=1S/C22H27ClO3/c1-6-22(16(4)12-13-19(15(2)3)20(22)23)26-21(24)17(5)25-14-18-10-8-7-9-11-18/h6-12,17,19-20H,1-2,13-14H2,3-5H3/t17?,19-,20+,22-/m1/s1. The van der Waals surface area contributed by atoms with Gasteiger partial charge in [0.05, 0.1) is 12.0 Å². The average Bonchev–Trinajstić information content (AvgIpc) is 2.63. The molecule has 0 amide bonds. The second-order valence-corrected chi connectivity index (χ2v) is 7.30. The first-order valence-electron chi connectivity index (χ1n) is 8.80. The maximum atomic E-state index is 12.7. The van der Waals surface area contributed by atoms with E-state index in [1.165, 1.54) is 0 Å². The van der Waals surface area contributed by atoms with Gasteiger partial charge in [-0.1, -0.05) is 55.1 Å². The Morgan fingerprint density at radius 2 is 2.08 bits per heavy atom. The molecule has 4 atom stereocenters. The first-order chi connectivity index (χ1) is 12.3. The van der Waals surface area contributed by atoms with Crippen LogP contribution in [0.4, 0.5) is 0 Å². The third-order valence-corrected chi connectivity index (χ3v) is 5.57. The van der Waals surface area contributed by atoms with Crippen molar-refractivity contribution in [1.29, 1.82) is 0 Å². The lowest BCUT2D eigenvalue weighted by molar-refractivity contribution is -0.166. The molecule has 1 unspecified atom stereocenters. The number of hydrogen-bond acceptors (Lipinski definition) is 3. The van der Waals surface area contributed by atoms with E-state index in [4.69, 9.17) is 21.1 Å². The molecule has 4 heteroatoms. The summed E-state index contributed by atoms with van der Waals surface area (Å²) < 4.78 is 11.5. The number of carbonyl (C=O) groups excluding carboxylic acids is 1. The zero-order valence-corrected chi connectivity index (χ0v) is 16.5. The van der Waals surface area contributed by atoms with Gasteiger partial charge in [-0.3, -0.25) is 0 Å². The van der Waals surface area contributed by atoms with Gasteiger partial charge in [-0.05, 0) is 44.4 Å². The van der Waals surface area contributed by atoms with Crippen molar-refractivity contribution in [3.05, 3.63) is 72.4 Å². The minimum atomic E-state index is -1.05. The molecule has 0 N–H and O–H groups in total. The summed E-state index contributed by atoms with van der Waals surface area (Å²) in [5, 5.41) is -0.451. The van der Waals surface area contributed by atoms with Crippen LogP contribution in [-0.2, 0) is 20.9 Å². The fourth-order valence-electron chi connectivity index (χ4n) is 3.12. The van der Waals surface area contributed by atoms with E-state index in [2.05, 4.69) is 13.2 Å². The van der Waals surface area contributed by atoms with E-state index in [9.17, 15) is 4.79 Å². The summed E-state index contributed by atoms with van der Waals surface area (Å²) in [5.74, 6) is -0.437. The molecule has 1 aliphatic carbocycles.